The molecule has 2 aliphatic carbocycles. The predicted molar refractivity (Wildman–Crippen MR) is 126 cm³/mol. The van der Waals surface area contributed by atoms with Crippen molar-refractivity contribution in [3.8, 4) is 0 Å². The quantitative estimate of drug-likeness (QED) is 0.444. The Labute approximate surface area is 203 Å². The minimum absolute atomic E-state index is 0.0761. The van der Waals surface area contributed by atoms with Crippen LogP contribution in [0.2, 0.25) is 10.0 Å². The summed E-state index contributed by atoms with van der Waals surface area (Å²) < 4.78 is 31.9. The molecule has 2 atom stereocenters. The van der Waals surface area contributed by atoms with E-state index in [2.05, 4.69) is 0 Å². The summed E-state index contributed by atoms with van der Waals surface area (Å²) in [5, 5.41) is 21.8. The third-order valence-corrected chi connectivity index (χ3v) is 7.61. The first-order valence-corrected chi connectivity index (χ1v) is 12.3. The molecule has 1 heterocycles. The van der Waals surface area contributed by atoms with Crippen LogP contribution in [0.25, 0.3) is 0 Å². The summed E-state index contributed by atoms with van der Waals surface area (Å²) in [7, 11) is 0. The van der Waals surface area contributed by atoms with Crippen molar-refractivity contribution >= 4 is 23.2 Å². The molecule has 2 aromatic carbocycles. The zero-order valence-electron chi connectivity index (χ0n) is 18.4. The molecule has 1 spiro atoms. The zero-order valence-corrected chi connectivity index (χ0v) is 19.9. The maximum Gasteiger partial charge on any atom is 0.112 e. The summed E-state index contributed by atoms with van der Waals surface area (Å²) in [5.41, 5.74) is 0.405. The molecule has 5 rings (SSSR count). The summed E-state index contributed by atoms with van der Waals surface area (Å²) >= 11 is 11.8. The zero-order chi connectivity index (χ0) is 23.6. The molecule has 33 heavy (non-hydrogen) atoms. The molecule has 0 radical (unpaired) electrons. The molecule has 7 heteroatoms. The van der Waals surface area contributed by atoms with Gasteiger partial charge in [0.15, 0.2) is 0 Å². The van der Waals surface area contributed by atoms with E-state index in [1.807, 2.05) is 24.3 Å². The van der Waals surface area contributed by atoms with Gasteiger partial charge in [0.2, 0.25) is 0 Å². The number of halogens is 4. The van der Waals surface area contributed by atoms with Gasteiger partial charge in [-0.2, -0.15) is 0 Å². The highest BCUT2D eigenvalue weighted by Crippen LogP contribution is 2.58. The van der Waals surface area contributed by atoms with Crippen LogP contribution in [0, 0.1) is 0 Å². The van der Waals surface area contributed by atoms with Gasteiger partial charge in [0.25, 0.3) is 0 Å². The number of hydrogen-bond donors (Lipinski definition) is 2. The lowest BCUT2D eigenvalue weighted by molar-refractivity contribution is -0.108. The lowest BCUT2D eigenvalue weighted by atomic mass is 9.78. The molecule has 3 nitrogen and oxygen atoms in total. The van der Waals surface area contributed by atoms with Crippen LogP contribution in [-0.4, -0.2) is 33.8 Å². The fourth-order valence-corrected chi connectivity index (χ4v) is 5.43. The molecule has 0 aromatic heterocycles. The first-order valence-electron chi connectivity index (χ1n) is 11.6. The molecule has 2 saturated carbocycles. The summed E-state index contributed by atoms with van der Waals surface area (Å²) in [4.78, 5) is 0. The van der Waals surface area contributed by atoms with Crippen molar-refractivity contribution in [2.24, 2.45) is 0 Å². The normalized spacial score (nSPS) is 34.3. The first kappa shape index (κ1) is 24.9. The predicted octanol–water partition coefficient (Wildman–Crippen LogP) is 7.08. The van der Waals surface area contributed by atoms with Gasteiger partial charge in [-0.05, 0) is 86.8 Å². The Morgan fingerprint density at radius 3 is 1.97 bits per heavy atom. The van der Waals surface area contributed by atoms with E-state index >= 15 is 0 Å². The summed E-state index contributed by atoms with van der Waals surface area (Å²) in [6.07, 6.45) is 1.75. The first-order chi connectivity index (χ1) is 15.7. The minimum atomic E-state index is -1.23. The molecule has 0 unspecified atom stereocenters. The number of benzene rings is 2. The highest BCUT2D eigenvalue weighted by atomic mass is 35.5. The van der Waals surface area contributed by atoms with Gasteiger partial charge in [-0.15, -0.1) is 0 Å². The molecule has 1 saturated heterocycles. The third kappa shape index (κ3) is 5.88. The van der Waals surface area contributed by atoms with Crippen LogP contribution >= 0.6 is 23.2 Å². The fraction of sp³-hybridized carbons (Fsp3) is 0.538. The summed E-state index contributed by atoms with van der Waals surface area (Å²) in [6, 6.07) is 14.6. The van der Waals surface area contributed by atoms with Crippen molar-refractivity contribution in [1.29, 1.82) is 0 Å². The Kier molecular flexibility index (Phi) is 7.66. The van der Waals surface area contributed by atoms with Gasteiger partial charge in [0.05, 0.1) is 11.2 Å². The Balaban J connectivity index is 0.000000157. The van der Waals surface area contributed by atoms with E-state index in [-0.39, 0.29) is 24.5 Å². The number of epoxide rings is 1. The largest absolute Gasteiger partial charge is 0.387 e. The van der Waals surface area contributed by atoms with Crippen molar-refractivity contribution in [3.63, 3.8) is 0 Å². The van der Waals surface area contributed by atoms with Gasteiger partial charge in [-0.1, -0.05) is 47.5 Å². The Morgan fingerprint density at radius 1 is 0.848 bits per heavy atom. The Morgan fingerprint density at radius 2 is 1.39 bits per heavy atom. The number of alkyl halides is 2. The van der Waals surface area contributed by atoms with Gasteiger partial charge in [-0.25, -0.2) is 8.78 Å². The second kappa shape index (κ2) is 10.2. The molecule has 3 fully saturated rings. The smallest absolute Gasteiger partial charge is 0.112 e. The van der Waals surface area contributed by atoms with Crippen molar-refractivity contribution in [3.05, 3.63) is 69.7 Å². The monoisotopic (exact) mass is 498 g/mol. The molecule has 1 aliphatic heterocycles. The SMILES string of the molecule is FC1CCC2(CC1)O[C@@H]2c1cccc(Cl)c1.O[C@@H](c1cccc(Cl)c1)C1(O)CCC(F)CC1. The van der Waals surface area contributed by atoms with Gasteiger partial charge < -0.3 is 14.9 Å². The third-order valence-electron chi connectivity index (χ3n) is 7.14. The van der Waals surface area contributed by atoms with Crippen LogP contribution < -0.4 is 0 Å². The highest BCUT2D eigenvalue weighted by Gasteiger charge is 2.57. The second-order valence-electron chi connectivity index (χ2n) is 9.53. The number of rotatable bonds is 3. The molecule has 180 valence electrons. The van der Waals surface area contributed by atoms with Crippen LogP contribution in [0.1, 0.15) is 74.7 Å². The topological polar surface area (TPSA) is 53.0 Å². The van der Waals surface area contributed by atoms with Crippen molar-refractivity contribution in [2.75, 3.05) is 0 Å². The van der Waals surface area contributed by atoms with E-state index in [0.717, 1.165) is 23.4 Å². The van der Waals surface area contributed by atoms with E-state index in [1.54, 1.807) is 24.3 Å². The van der Waals surface area contributed by atoms with E-state index in [1.165, 1.54) is 0 Å². The molecular weight excluding hydrogens is 469 g/mol. The van der Waals surface area contributed by atoms with Gasteiger partial charge >= 0.3 is 0 Å². The van der Waals surface area contributed by atoms with Crippen LogP contribution in [-0.2, 0) is 4.74 Å². The Bertz CT molecular complexity index is 941. The average molecular weight is 499 g/mol. The number of aliphatic hydroxyl groups excluding tert-OH is 1. The van der Waals surface area contributed by atoms with Crippen molar-refractivity contribution < 1.29 is 23.7 Å². The molecule has 0 bridgehead atoms. The fourth-order valence-electron chi connectivity index (χ4n) is 5.04. The molecular formula is C26H30Cl2F2O3. The number of ether oxygens (including phenoxy) is 1. The van der Waals surface area contributed by atoms with Crippen molar-refractivity contribution in [2.45, 2.75) is 87.1 Å². The second-order valence-corrected chi connectivity index (χ2v) is 10.4. The molecule has 0 amide bonds. The van der Waals surface area contributed by atoms with E-state index in [4.69, 9.17) is 27.9 Å². The standard InChI is InChI=1S/C13H16ClFO2.C13H14ClFO/c14-10-3-1-2-9(8-10)12(16)13(17)6-4-11(15)5-7-13;14-10-3-1-2-9(8-10)12-13(16-12)6-4-11(15)5-7-13/h1-3,8,11-12,16-17H,4-7H2;1-3,8,11-12H,4-7H2/t2*11?,12-,13?/m01/s1. The van der Waals surface area contributed by atoms with Crippen LogP contribution in [0.15, 0.2) is 48.5 Å². The van der Waals surface area contributed by atoms with Gasteiger partial charge in [-0.3, -0.25) is 0 Å². The molecule has 2 aromatic rings. The van der Waals surface area contributed by atoms with Gasteiger partial charge in [0, 0.05) is 10.0 Å². The lowest BCUT2D eigenvalue weighted by Gasteiger charge is -2.37. The van der Waals surface area contributed by atoms with Crippen LogP contribution in [0.4, 0.5) is 8.78 Å². The van der Waals surface area contributed by atoms with Crippen molar-refractivity contribution in [1.82, 2.24) is 0 Å². The van der Waals surface area contributed by atoms with Crippen LogP contribution in [0.3, 0.4) is 0 Å². The highest BCUT2D eigenvalue weighted by molar-refractivity contribution is 6.30. The molecule has 2 N–H and O–H groups in total. The van der Waals surface area contributed by atoms with E-state index in [0.29, 0.717) is 36.3 Å². The maximum atomic E-state index is 13.1. The lowest BCUT2D eigenvalue weighted by Crippen LogP contribution is -2.40. The average Bonchev–Trinajstić information content (AvgIpc) is 3.52. The minimum Gasteiger partial charge on any atom is -0.387 e. The maximum absolute atomic E-state index is 13.1. The van der Waals surface area contributed by atoms with E-state index < -0.39 is 24.0 Å². The van der Waals surface area contributed by atoms with Crippen LogP contribution in [0.5, 0.6) is 0 Å². The van der Waals surface area contributed by atoms with Gasteiger partial charge in [0.1, 0.15) is 24.6 Å². The number of aliphatic hydroxyl groups is 2. The summed E-state index contributed by atoms with van der Waals surface area (Å²) in [6.45, 7) is 0. The summed E-state index contributed by atoms with van der Waals surface area (Å²) in [5.74, 6) is 0. The van der Waals surface area contributed by atoms with E-state index in [9.17, 15) is 19.0 Å². The Hall–Kier alpha value is -1.24. The number of hydrogen-bond acceptors (Lipinski definition) is 3. The molecule has 3 aliphatic rings.